The average Bonchev–Trinajstić information content (AvgIpc) is 2.38. The number of rotatable bonds is 3. The topological polar surface area (TPSA) is 40.5 Å². The number of hydrogen-bond donors (Lipinski definition) is 1. The number of benzene rings is 1. The molecule has 1 saturated carbocycles. The molecule has 1 N–H and O–H groups in total. The van der Waals surface area contributed by atoms with E-state index in [-0.39, 0.29) is 11.7 Å². The molecule has 2 rings (SSSR count). The fourth-order valence-electron chi connectivity index (χ4n) is 2.55. The zero-order chi connectivity index (χ0) is 13.1. The number of anilines is 1. The maximum Gasteiger partial charge on any atom is 0.138 e. The first-order valence-corrected chi connectivity index (χ1v) is 6.57. The molecule has 2 unspecified atom stereocenters. The molecule has 0 amide bonds. The third kappa shape index (κ3) is 2.72. The summed E-state index contributed by atoms with van der Waals surface area (Å²) < 4.78 is 0. The lowest BCUT2D eigenvalue weighted by Crippen LogP contribution is -2.25. The van der Waals surface area contributed by atoms with Crippen LogP contribution in [0.15, 0.2) is 24.3 Å². The number of aliphatic hydroxyl groups excluding tert-OH is 1. The number of carbonyl (C=O) groups excluding carboxylic acids is 1. The van der Waals surface area contributed by atoms with Crippen LogP contribution >= 0.6 is 0 Å². The Morgan fingerprint density at radius 3 is 2.44 bits per heavy atom. The molecule has 3 nitrogen and oxygen atoms in total. The number of ketones is 1. The van der Waals surface area contributed by atoms with E-state index >= 15 is 0 Å². The second kappa shape index (κ2) is 5.53. The Morgan fingerprint density at radius 2 is 1.89 bits per heavy atom. The lowest BCUT2D eigenvalue weighted by molar-refractivity contribution is -0.128. The van der Waals surface area contributed by atoms with Gasteiger partial charge in [0.15, 0.2) is 0 Å². The molecule has 18 heavy (non-hydrogen) atoms. The number of hydrogen-bond acceptors (Lipinski definition) is 3. The number of carbonyl (C=O) groups is 1. The van der Waals surface area contributed by atoms with E-state index in [1.807, 2.05) is 43.3 Å². The number of aliphatic hydroxyl groups is 1. The Balaban J connectivity index is 2.12. The summed E-state index contributed by atoms with van der Waals surface area (Å²) in [4.78, 5) is 13.8. The van der Waals surface area contributed by atoms with Gasteiger partial charge in [0.25, 0.3) is 0 Å². The van der Waals surface area contributed by atoms with Gasteiger partial charge in [-0.3, -0.25) is 4.79 Å². The van der Waals surface area contributed by atoms with Gasteiger partial charge in [0.2, 0.25) is 0 Å². The van der Waals surface area contributed by atoms with E-state index in [0.29, 0.717) is 6.42 Å². The van der Waals surface area contributed by atoms with Gasteiger partial charge in [0.05, 0.1) is 6.10 Å². The predicted octanol–water partition coefficient (Wildman–Crippen LogP) is 2.55. The third-order valence-electron chi connectivity index (χ3n) is 3.73. The van der Waals surface area contributed by atoms with Crippen LogP contribution in [0.3, 0.4) is 0 Å². The molecule has 98 valence electrons. The summed E-state index contributed by atoms with van der Waals surface area (Å²) in [6, 6.07) is 7.79. The van der Waals surface area contributed by atoms with E-state index in [1.165, 1.54) is 0 Å². The minimum atomic E-state index is -0.644. The van der Waals surface area contributed by atoms with Crippen molar-refractivity contribution in [2.75, 3.05) is 19.0 Å². The van der Waals surface area contributed by atoms with E-state index in [4.69, 9.17) is 0 Å². The van der Waals surface area contributed by atoms with E-state index in [2.05, 4.69) is 0 Å². The smallest absolute Gasteiger partial charge is 0.138 e. The summed E-state index contributed by atoms with van der Waals surface area (Å²) in [6.45, 7) is 0. The van der Waals surface area contributed by atoms with E-state index in [1.54, 1.807) is 0 Å². The van der Waals surface area contributed by atoms with Crippen molar-refractivity contribution in [1.29, 1.82) is 0 Å². The first-order valence-electron chi connectivity index (χ1n) is 6.57. The second-order valence-corrected chi connectivity index (χ2v) is 5.25. The molecule has 0 aliphatic heterocycles. The van der Waals surface area contributed by atoms with Gasteiger partial charge < -0.3 is 10.0 Å². The van der Waals surface area contributed by atoms with Crippen molar-refractivity contribution in [2.45, 2.75) is 31.8 Å². The number of Topliss-reactive ketones (excluding diaryl/α,β-unsaturated/α-hetero) is 1. The highest BCUT2D eigenvalue weighted by molar-refractivity contribution is 5.82. The van der Waals surface area contributed by atoms with Gasteiger partial charge >= 0.3 is 0 Å². The first kappa shape index (κ1) is 13.1. The molecule has 0 aromatic heterocycles. The van der Waals surface area contributed by atoms with Crippen LogP contribution in [-0.4, -0.2) is 25.0 Å². The zero-order valence-electron chi connectivity index (χ0n) is 11.1. The van der Waals surface area contributed by atoms with Crippen molar-refractivity contribution in [3.8, 4) is 0 Å². The minimum Gasteiger partial charge on any atom is -0.388 e. The van der Waals surface area contributed by atoms with Crippen molar-refractivity contribution in [3.63, 3.8) is 0 Å². The molecule has 1 aliphatic rings. The highest BCUT2D eigenvalue weighted by Crippen LogP contribution is 2.32. The SMILES string of the molecule is CN(C)c1ccc(C(O)C2CCCCC2=O)cc1. The Kier molecular flexibility index (Phi) is 4.02. The Labute approximate surface area is 108 Å². The summed E-state index contributed by atoms with van der Waals surface area (Å²) in [6.07, 6.45) is 2.81. The first-order chi connectivity index (χ1) is 8.59. The zero-order valence-corrected chi connectivity index (χ0v) is 11.1. The normalized spacial score (nSPS) is 21.7. The van der Waals surface area contributed by atoms with Crippen LogP contribution < -0.4 is 4.90 Å². The molecule has 0 radical (unpaired) electrons. The maximum atomic E-state index is 11.8. The van der Waals surface area contributed by atoms with Crippen LogP contribution in [0.5, 0.6) is 0 Å². The van der Waals surface area contributed by atoms with E-state index in [9.17, 15) is 9.90 Å². The average molecular weight is 247 g/mol. The van der Waals surface area contributed by atoms with Gasteiger partial charge in [-0.1, -0.05) is 18.6 Å². The van der Waals surface area contributed by atoms with Gasteiger partial charge in [-0.25, -0.2) is 0 Å². The molecule has 2 atom stereocenters. The van der Waals surface area contributed by atoms with Crippen LogP contribution in [0.2, 0.25) is 0 Å². The Hall–Kier alpha value is -1.35. The second-order valence-electron chi connectivity index (χ2n) is 5.25. The van der Waals surface area contributed by atoms with Crippen molar-refractivity contribution >= 4 is 11.5 Å². The lowest BCUT2D eigenvalue weighted by Gasteiger charge is -2.26. The summed E-state index contributed by atoms with van der Waals surface area (Å²) in [5.41, 5.74) is 1.95. The van der Waals surface area contributed by atoms with Gasteiger partial charge in [-0.05, 0) is 30.5 Å². The molecule has 1 fully saturated rings. The minimum absolute atomic E-state index is 0.205. The Morgan fingerprint density at radius 1 is 1.22 bits per heavy atom. The fraction of sp³-hybridized carbons (Fsp3) is 0.533. The van der Waals surface area contributed by atoms with Gasteiger partial charge in [-0.2, -0.15) is 0 Å². The monoisotopic (exact) mass is 247 g/mol. The predicted molar refractivity (Wildman–Crippen MR) is 72.7 cm³/mol. The summed E-state index contributed by atoms with van der Waals surface area (Å²) in [5, 5.41) is 10.3. The molecule has 1 aliphatic carbocycles. The fourth-order valence-corrected chi connectivity index (χ4v) is 2.55. The quantitative estimate of drug-likeness (QED) is 0.892. The summed E-state index contributed by atoms with van der Waals surface area (Å²) in [5.74, 6) is 0.00870. The molecule has 0 spiro atoms. The molecule has 3 heteroatoms. The summed E-state index contributed by atoms with van der Waals surface area (Å²) in [7, 11) is 3.96. The number of nitrogens with zero attached hydrogens (tertiary/aromatic N) is 1. The van der Waals surface area contributed by atoms with Gasteiger partial charge in [-0.15, -0.1) is 0 Å². The maximum absolute atomic E-state index is 11.8. The van der Waals surface area contributed by atoms with Crippen LogP contribution in [0, 0.1) is 5.92 Å². The molecule has 1 aromatic rings. The van der Waals surface area contributed by atoms with Crippen LogP contribution in [0.1, 0.15) is 37.4 Å². The molecule has 0 bridgehead atoms. The molecule has 0 saturated heterocycles. The van der Waals surface area contributed by atoms with Gasteiger partial charge in [0.1, 0.15) is 5.78 Å². The van der Waals surface area contributed by atoms with Crippen LogP contribution in [0.25, 0.3) is 0 Å². The molecule has 0 heterocycles. The largest absolute Gasteiger partial charge is 0.388 e. The third-order valence-corrected chi connectivity index (χ3v) is 3.73. The molecule has 1 aromatic carbocycles. The van der Waals surface area contributed by atoms with Crippen LogP contribution in [-0.2, 0) is 4.79 Å². The van der Waals surface area contributed by atoms with Crippen LogP contribution in [0.4, 0.5) is 5.69 Å². The highest BCUT2D eigenvalue weighted by Gasteiger charge is 2.29. The lowest BCUT2D eigenvalue weighted by atomic mass is 9.82. The highest BCUT2D eigenvalue weighted by atomic mass is 16.3. The van der Waals surface area contributed by atoms with Crippen molar-refractivity contribution in [3.05, 3.63) is 29.8 Å². The van der Waals surface area contributed by atoms with Gasteiger partial charge in [0, 0.05) is 32.1 Å². The van der Waals surface area contributed by atoms with E-state index in [0.717, 1.165) is 30.5 Å². The van der Waals surface area contributed by atoms with E-state index < -0.39 is 6.10 Å². The van der Waals surface area contributed by atoms with Crippen molar-refractivity contribution < 1.29 is 9.90 Å². The van der Waals surface area contributed by atoms with Crippen molar-refractivity contribution in [1.82, 2.24) is 0 Å². The summed E-state index contributed by atoms with van der Waals surface area (Å²) >= 11 is 0. The Bertz CT molecular complexity index is 411. The molecular weight excluding hydrogens is 226 g/mol. The standard InChI is InChI=1S/C15H21NO2/c1-16(2)12-9-7-11(8-10-12)15(18)13-5-3-4-6-14(13)17/h7-10,13,15,18H,3-6H2,1-2H3. The van der Waals surface area contributed by atoms with Crippen molar-refractivity contribution in [2.24, 2.45) is 5.92 Å². The molecular formula is C15H21NO2.